The molecule has 0 saturated heterocycles. The lowest BCUT2D eigenvalue weighted by atomic mass is 10.4. The van der Waals surface area contributed by atoms with Gasteiger partial charge < -0.3 is 14.2 Å². The van der Waals surface area contributed by atoms with Crippen LogP contribution in [0.1, 0.15) is 0 Å². The van der Waals surface area contributed by atoms with Gasteiger partial charge in [0.15, 0.2) is 11.5 Å². The summed E-state index contributed by atoms with van der Waals surface area (Å²) in [5.41, 5.74) is 1.47. The van der Waals surface area contributed by atoms with Crippen molar-refractivity contribution in [2.75, 3.05) is 25.1 Å². The van der Waals surface area contributed by atoms with E-state index >= 15 is 0 Å². The van der Waals surface area contributed by atoms with Crippen LogP contribution in [-0.4, -0.2) is 39.7 Å². The summed E-state index contributed by atoms with van der Waals surface area (Å²) in [5, 5.41) is 0.223. The van der Waals surface area contributed by atoms with E-state index in [0.717, 1.165) is 17.9 Å². The highest BCUT2D eigenvalue weighted by Crippen LogP contribution is 2.25. The molecule has 0 aliphatic carbocycles. The van der Waals surface area contributed by atoms with E-state index in [-0.39, 0.29) is 5.28 Å². The van der Waals surface area contributed by atoms with Crippen LogP contribution in [0.15, 0.2) is 6.33 Å². The Morgan fingerprint density at radius 3 is 3.19 bits per heavy atom. The summed E-state index contributed by atoms with van der Waals surface area (Å²) < 4.78 is 7.36. The molecule has 1 aliphatic rings. The average Bonchev–Trinajstić information content (AvgIpc) is 2.64. The van der Waals surface area contributed by atoms with Gasteiger partial charge in [-0.15, -0.1) is 0 Å². The monoisotopic (exact) mass is 239 g/mol. The molecule has 0 fully saturated rings. The van der Waals surface area contributed by atoms with Crippen molar-refractivity contribution in [3.63, 3.8) is 0 Å². The van der Waals surface area contributed by atoms with Gasteiger partial charge in [0.05, 0.1) is 12.9 Å². The molecule has 7 heteroatoms. The van der Waals surface area contributed by atoms with Crippen LogP contribution in [0, 0.1) is 0 Å². The van der Waals surface area contributed by atoms with Gasteiger partial charge in [-0.25, -0.2) is 4.98 Å². The SMILES string of the molecule is CN1CCOCn2cnc3nc(Cl)nc1c32. The molecule has 0 N–H and O–H groups in total. The average molecular weight is 240 g/mol. The molecule has 0 unspecified atom stereocenters. The summed E-state index contributed by atoms with van der Waals surface area (Å²) in [4.78, 5) is 14.5. The molecular formula is C9H10ClN5O. The zero-order valence-electron chi connectivity index (χ0n) is 8.72. The van der Waals surface area contributed by atoms with Gasteiger partial charge in [-0.3, -0.25) is 0 Å². The second-order valence-corrected chi connectivity index (χ2v) is 4.00. The molecule has 3 heterocycles. The van der Waals surface area contributed by atoms with Gasteiger partial charge in [0.2, 0.25) is 5.28 Å². The molecule has 1 aliphatic heterocycles. The Hall–Kier alpha value is -1.40. The van der Waals surface area contributed by atoms with Gasteiger partial charge in [-0.05, 0) is 11.6 Å². The van der Waals surface area contributed by atoms with E-state index < -0.39 is 0 Å². The topological polar surface area (TPSA) is 56.1 Å². The number of hydrogen-bond donors (Lipinski definition) is 0. The van der Waals surface area contributed by atoms with E-state index in [9.17, 15) is 0 Å². The fourth-order valence-corrected chi connectivity index (χ4v) is 1.93. The third-order valence-electron chi connectivity index (χ3n) is 2.59. The fourth-order valence-electron chi connectivity index (χ4n) is 1.77. The lowest BCUT2D eigenvalue weighted by molar-refractivity contribution is 0.0834. The van der Waals surface area contributed by atoms with Gasteiger partial charge >= 0.3 is 0 Å². The summed E-state index contributed by atoms with van der Waals surface area (Å²) in [6.45, 7) is 1.90. The Balaban J connectivity index is 2.32. The molecule has 0 spiro atoms. The van der Waals surface area contributed by atoms with Crippen LogP contribution in [0.5, 0.6) is 0 Å². The standard InChI is InChI=1S/C9H10ClN5O/c1-14-2-3-16-5-15-4-11-7-6(15)8(14)13-9(10)12-7/h4H,2-3,5H2,1H3. The quantitative estimate of drug-likeness (QED) is 0.640. The maximum Gasteiger partial charge on any atom is 0.226 e. The van der Waals surface area contributed by atoms with Crippen LogP contribution in [0.25, 0.3) is 11.2 Å². The predicted octanol–water partition coefficient (Wildman–Crippen LogP) is 0.904. The fraction of sp³-hybridized carbons (Fsp3) is 0.444. The first kappa shape index (κ1) is 9.80. The Kier molecular flexibility index (Phi) is 2.19. The van der Waals surface area contributed by atoms with Crippen molar-refractivity contribution >= 4 is 28.6 Å². The number of aromatic nitrogens is 4. The van der Waals surface area contributed by atoms with E-state index in [4.69, 9.17) is 16.3 Å². The minimum Gasteiger partial charge on any atom is -0.359 e. The smallest absolute Gasteiger partial charge is 0.226 e. The molecule has 0 atom stereocenters. The van der Waals surface area contributed by atoms with Gasteiger partial charge in [0.25, 0.3) is 0 Å². The highest BCUT2D eigenvalue weighted by molar-refractivity contribution is 6.28. The van der Waals surface area contributed by atoms with E-state index in [2.05, 4.69) is 15.0 Å². The number of ether oxygens (including phenoxy) is 1. The van der Waals surface area contributed by atoms with Crippen molar-refractivity contribution in [3.05, 3.63) is 11.6 Å². The lowest BCUT2D eigenvalue weighted by Crippen LogP contribution is -2.27. The van der Waals surface area contributed by atoms with Crippen LogP contribution in [0.4, 0.5) is 5.82 Å². The van der Waals surface area contributed by atoms with E-state index in [0.29, 0.717) is 19.0 Å². The predicted molar refractivity (Wildman–Crippen MR) is 59.6 cm³/mol. The third kappa shape index (κ3) is 1.42. The minimum atomic E-state index is 0.223. The molecule has 0 amide bonds. The first-order chi connectivity index (χ1) is 7.75. The van der Waals surface area contributed by atoms with Crippen LogP contribution < -0.4 is 4.90 Å². The summed E-state index contributed by atoms with van der Waals surface area (Å²) in [7, 11) is 1.95. The maximum atomic E-state index is 5.87. The molecule has 3 rings (SSSR count). The van der Waals surface area contributed by atoms with Crippen molar-refractivity contribution < 1.29 is 4.74 Å². The molecule has 0 bridgehead atoms. The van der Waals surface area contributed by atoms with E-state index in [1.165, 1.54) is 0 Å². The molecule has 84 valence electrons. The van der Waals surface area contributed by atoms with Crippen LogP contribution in [-0.2, 0) is 11.5 Å². The number of halogens is 1. The van der Waals surface area contributed by atoms with E-state index in [1.54, 1.807) is 6.33 Å². The molecule has 6 nitrogen and oxygen atoms in total. The number of likely N-dealkylation sites (N-methyl/N-ethyl adjacent to an activating group) is 1. The Labute approximate surface area is 96.8 Å². The summed E-state index contributed by atoms with van der Waals surface area (Å²) in [6.07, 6.45) is 1.69. The lowest BCUT2D eigenvalue weighted by Gasteiger charge is -2.22. The second-order valence-electron chi connectivity index (χ2n) is 3.66. The van der Waals surface area contributed by atoms with Gasteiger partial charge in [-0.2, -0.15) is 9.97 Å². The van der Waals surface area contributed by atoms with Crippen molar-refractivity contribution in [3.8, 4) is 0 Å². The number of rotatable bonds is 0. The van der Waals surface area contributed by atoms with Gasteiger partial charge in [-0.1, -0.05) is 0 Å². The zero-order valence-corrected chi connectivity index (χ0v) is 9.48. The van der Waals surface area contributed by atoms with E-state index in [1.807, 2.05) is 16.5 Å². The summed E-state index contributed by atoms with van der Waals surface area (Å²) >= 11 is 5.87. The Morgan fingerprint density at radius 1 is 1.44 bits per heavy atom. The molecule has 2 aromatic rings. The number of anilines is 1. The Morgan fingerprint density at radius 2 is 2.31 bits per heavy atom. The van der Waals surface area contributed by atoms with Crippen molar-refractivity contribution in [2.24, 2.45) is 0 Å². The molecular weight excluding hydrogens is 230 g/mol. The highest BCUT2D eigenvalue weighted by Gasteiger charge is 2.17. The zero-order chi connectivity index (χ0) is 11.1. The van der Waals surface area contributed by atoms with Crippen LogP contribution in [0.3, 0.4) is 0 Å². The minimum absolute atomic E-state index is 0.223. The molecule has 0 aromatic carbocycles. The summed E-state index contributed by atoms with van der Waals surface area (Å²) in [5.74, 6) is 0.802. The molecule has 2 aromatic heterocycles. The normalized spacial score (nSPS) is 16.2. The number of imidazole rings is 1. The van der Waals surface area contributed by atoms with Crippen LogP contribution >= 0.6 is 11.6 Å². The molecule has 16 heavy (non-hydrogen) atoms. The first-order valence-electron chi connectivity index (χ1n) is 4.93. The number of nitrogens with zero attached hydrogens (tertiary/aromatic N) is 5. The van der Waals surface area contributed by atoms with Crippen molar-refractivity contribution in [2.45, 2.75) is 6.73 Å². The van der Waals surface area contributed by atoms with Gasteiger partial charge in [0, 0.05) is 13.6 Å². The summed E-state index contributed by atoms with van der Waals surface area (Å²) in [6, 6.07) is 0. The van der Waals surface area contributed by atoms with Crippen molar-refractivity contribution in [1.82, 2.24) is 19.5 Å². The van der Waals surface area contributed by atoms with Gasteiger partial charge in [0.1, 0.15) is 12.2 Å². The first-order valence-corrected chi connectivity index (χ1v) is 5.31. The highest BCUT2D eigenvalue weighted by atomic mass is 35.5. The van der Waals surface area contributed by atoms with Crippen LogP contribution in [0.2, 0.25) is 5.28 Å². The second kappa shape index (κ2) is 3.57. The molecule has 0 radical (unpaired) electrons. The number of hydrogen-bond acceptors (Lipinski definition) is 5. The van der Waals surface area contributed by atoms with Crippen molar-refractivity contribution in [1.29, 1.82) is 0 Å². The maximum absolute atomic E-state index is 5.87. The largest absolute Gasteiger partial charge is 0.359 e. The third-order valence-corrected chi connectivity index (χ3v) is 2.76. The Bertz CT molecular complexity index is 540. The molecule has 0 saturated carbocycles.